The highest BCUT2D eigenvalue weighted by atomic mass is 32.2. The molecule has 8 nitrogen and oxygen atoms in total. The topological polar surface area (TPSA) is 124 Å². The molecule has 90 valence electrons. The van der Waals surface area contributed by atoms with Gasteiger partial charge in [-0.3, -0.25) is 4.55 Å². The van der Waals surface area contributed by atoms with Crippen LogP contribution in [0.2, 0.25) is 0 Å². The molecule has 0 aliphatic carbocycles. The Labute approximate surface area is 87.1 Å². The highest BCUT2D eigenvalue weighted by Gasteiger charge is 2.18. The van der Waals surface area contributed by atoms with Crippen LogP contribution in [0, 0.1) is 0 Å². The number of rotatable bonds is 5. The maximum Gasteiger partial charge on any atom is 0.523 e. The molecule has 0 radical (unpaired) electrons. The molecule has 0 aromatic heterocycles. The minimum absolute atomic E-state index is 0.377. The molecule has 15 heavy (non-hydrogen) atoms. The lowest BCUT2D eigenvalue weighted by molar-refractivity contribution is 0.124. The Hall–Kier alpha value is -0.870. The monoisotopic (exact) mass is 262 g/mol. The number of carbonyl (C=O) groups excluding carboxylic acids is 1. The molecule has 0 amide bonds. The van der Waals surface area contributed by atoms with Crippen molar-refractivity contribution in [3.05, 3.63) is 0 Å². The van der Waals surface area contributed by atoms with Gasteiger partial charge in [-0.05, 0) is 6.42 Å². The first-order valence-electron chi connectivity index (χ1n) is 3.61. The fourth-order valence-corrected chi connectivity index (χ4v) is 2.15. The Balaban J connectivity index is 4.12. The largest absolute Gasteiger partial charge is 0.523 e. The predicted molar refractivity (Wildman–Crippen MR) is 48.3 cm³/mol. The van der Waals surface area contributed by atoms with Gasteiger partial charge in [0.1, 0.15) is 0 Å². The van der Waals surface area contributed by atoms with Gasteiger partial charge in [0.05, 0.1) is 18.6 Å². The number of ether oxygens (including phenoxy) is 1. The van der Waals surface area contributed by atoms with Gasteiger partial charge >= 0.3 is 16.3 Å². The van der Waals surface area contributed by atoms with Gasteiger partial charge in [0.15, 0.2) is 0 Å². The van der Waals surface area contributed by atoms with Crippen LogP contribution in [0.1, 0.15) is 6.42 Å². The van der Waals surface area contributed by atoms with E-state index in [1.165, 1.54) is 0 Å². The predicted octanol–water partition coefficient (Wildman–Crippen LogP) is -0.623. The van der Waals surface area contributed by atoms with Crippen LogP contribution in [0.15, 0.2) is 0 Å². The number of methoxy groups -OCH3 is 1. The van der Waals surface area contributed by atoms with E-state index in [9.17, 15) is 21.6 Å². The summed E-state index contributed by atoms with van der Waals surface area (Å²) < 4.78 is 58.3. The van der Waals surface area contributed by atoms with E-state index in [0.29, 0.717) is 0 Å². The smallest absolute Gasteiger partial charge is 0.437 e. The summed E-state index contributed by atoms with van der Waals surface area (Å²) in [4.78, 5) is 10.4. The molecule has 0 fully saturated rings. The summed E-state index contributed by atoms with van der Waals surface area (Å²) in [6, 6.07) is 0. The summed E-state index contributed by atoms with van der Waals surface area (Å²) in [5, 5.41) is 0. The van der Waals surface area contributed by atoms with Crippen LogP contribution in [0.4, 0.5) is 4.79 Å². The van der Waals surface area contributed by atoms with E-state index in [0.717, 1.165) is 7.11 Å². The molecule has 0 heterocycles. The summed E-state index contributed by atoms with van der Waals surface area (Å²) >= 11 is 0. The van der Waals surface area contributed by atoms with Gasteiger partial charge in [-0.2, -0.15) is 16.8 Å². The van der Waals surface area contributed by atoms with Crippen molar-refractivity contribution in [2.75, 3.05) is 18.6 Å². The Bertz CT molecular complexity index is 404. The van der Waals surface area contributed by atoms with Crippen LogP contribution in [0.3, 0.4) is 0 Å². The molecule has 0 bridgehead atoms. The highest BCUT2D eigenvalue weighted by molar-refractivity contribution is 7.87. The molecule has 0 aliphatic heterocycles. The lowest BCUT2D eigenvalue weighted by Crippen LogP contribution is -2.18. The molecule has 0 spiro atoms. The molecule has 0 aliphatic rings. The van der Waals surface area contributed by atoms with Crippen LogP contribution in [0.5, 0.6) is 0 Å². The average Bonchev–Trinajstić information content (AvgIpc) is 2.00. The Morgan fingerprint density at radius 3 is 2.13 bits per heavy atom. The molecule has 0 aromatic rings. The van der Waals surface area contributed by atoms with E-state index in [2.05, 4.69) is 8.92 Å². The first-order chi connectivity index (χ1) is 6.66. The van der Waals surface area contributed by atoms with Crippen molar-refractivity contribution in [3.63, 3.8) is 0 Å². The third kappa shape index (κ3) is 8.15. The maximum atomic E-state index is 10.9. The quantitative estimate of drug-likeness (QED) is 0.394. The van der Waals surface area contributed by atoms with E-state index in [1.54, 1.807) is 0 Å². The Kier molecular flexibility index (Phi) is 4.97. The van der Waals surface area contributed by atoms with Crippen molar-refractivity contribution in [2.45, 2.75) is 6.42 Å². The lowest BCUT2D eigenvalue weighted by atomic mass is 10.6. The zero-order valence-electron chi connectivity index (χ0n) is 7.74. The number of hydrogen-bond acceptors (Lipinski definition) is 7. The number of carbonyl (C=O) groups is 1. The molecular formula is C5H10O8S2. The van der Waals surface area contributed by atoms with Crippen LogP contribution in [-0.2, 0) is 29.2 Å². The van der Waals surface area contributed by atoms with Gasteiger partial charge in [-0.25, -0.2) is 4.79 Å². The second-order valence-corrected chi connectivity index (χ2v) is 5.70. The molecule has 0 saturated carbocycles. The molecule has 0 saturated heterocycles. The van der Waals surface area contributed by atoms with Crippen molar-refractivity contribution in [3.8, 4) is 0 Å². The molecule has 0 rings (SSSR count). The molecule has 0 unspecified atom stereocenters. The van der Waals surface area contributed by atoms with Gasteiger partial charge in [0.2, 0.25) is 0 Å². The van der Waals surface area contributed by atoms with Crippen LogP contribution >= 0.6 is 0 Å². The molecule has 0 atom stereocenters. The van der Waals surface area contributed by atoms with Crippen LogP contribution in [0.25, 0.3) is 0 Å². The standard InChI is InChI=1S/C5H10O8S2/c1-12-5(6)13-15(10,11)4-2-3-14(7,8)9/h2-4H2,1H3,(H,7,8,9). The third-order valence-electron chi connectivity index (χ3n) is 1.16. The normalized spacial score (nSPS) is 12.1. The summed E-state index contributed by atoms with van der Waals surface area (Å²) in [6.45, 7) is 0. The van der Waals surface area contributed by atoms with E-state index in [-0.39, 0.29) is 6.42 Å². The third-order valence-corrected chi connectivity index (χ3v) is 3.14. The zero-order chi connectivity index (χ0) is 12.1. The maximum absolute atomic E-state index is 10.9. The molecule has 10 heteroatoms. The Morgan fingerprint density at radius 1 is 1.20 bits per heavy atom. The number of hydrogen-bond donors (Lipinski definition) is 1. The van der Waals surface area contributed by atoms with Crippen LogP contribution < -0.4 is 0 Å². The van der Waals surface area contributed by atoms with Crippen molar-refractivity contribution in [1.29, 1.82) is 0 Å². The van der Waals surface area contributed by atoms with Gasteiger partial charge in [0, 0.05) is 0 Å². The average molecular weight is 262 g/mol. The van der Waals surface area contributed by atoms with Gasteiger partial charge in [0.25, 0.3) is 10.1 Å². The van der Waals surface area contributed by atoms with Crippen molar-refractivity contribution in [2.24, 2.45) is 0 Å². The van der Waals surface area contributed by atoms with Gasteiger partial charge in [-0.1, -0.05) is 0 Å². The van der Waals surface area contributed by atoms with E-state index < -0.39 is 37.9 Å². The fourth-order valence-electron chi connectivity index (χ4n) is 0.597. The SMILES string of the molecule is COC(=O)OS(=O)(=O)CCCS(=O)(=O)O. The second-order valence-electron chi connectivity index (χ2n) is 2.44. The summed E-state index contributed by atoms with van der Waals surface area (Å²) in [7, 11) is -7.46. The second kappa shape index (κ2) is 5.28. The lowest BCUT2D eigenvalue weighted by Gasteiger charge is -2.02. The minimum atomic E-state index is -4.22. The van der Waals surface area contributed by atoms with Crippen LogP contribution in [-0.4, -0.2) is 46.2 Å². The van der Waals surface area contributed by atoms with Gasteiger partial charge in [-0.15, -0.1) is 0 Å². The van der Waals surface area contributed by atoms with Crippen molar-refractivity contribution in [1.82, 2.24) is 0 Å². The van der Waals surface area contributed by atoms with E-state index in [1.807, 2.05) is 0 Å². The minimum Gasteiger partial charge on any atom is -0.437 e. The first kappa shape index (κ1) is 14.1. The van der Waals surface area contributed by atoms with E-state index >= 15 is 0 Å². The first-order valence-corrected chi connectivity index (χ1v) is 6.80. The van der Waals surface area contributed by atoms with Crippen molar-refractivity contribution >= 4 is 26.4 Å². The van der Waals surface area contributed by atoms with Crippen molar-refractivity contribution < 1.29 is 35.1 Å². The summed E-state index contributed by atoms with van der Waals surface area (Å²) in [6.07, 6.45) is -1.78. The molecule has 1 N–H and O–H groups in total. The zero-order valence-corrected chi connectivity index (χ0v) is 9.38. The van der Waals surface area contributed by atoms with Gasteiger partial charge < -0.3 is 8.92 Å². The van der Waals surface area contributed by atoms with E-state index in [4.69, 9.17) is 4.55 Å². The highest BCUT2D eigenvalue weighted by Crippen LogP contribution is 2.00. The molecular weight excluding hydrogens is 252 g/mol. The summed E-state index contributed by atoms with van der Waals surface area (Å²) in [5.41, 5.74) is 0. The fraction of sp³-hybridized carbons (Fsp3) is 0.800. The Morgan fingerprint density at radius 2 is 1.73 bits per heavy atom. The summed E-state index contributed by atoms with van der Waals surface area (Å²) in [5.74, 6) is -1.43. The molecule has 0 aromatic carbocycles.